The highest BCUT2D eigenvalue weighted by Crippen LogP contribution is 2.14. The van der Waals surface area contributed by atoms with Crippen molar-refractivity contribution in [1.82, 2.24) is 5.32 Å². The number of benzene rings is 2. The molecular weight excluding hydrogens is 354 g/mol. The molecule has 5 heteroatoms. The number of nitrogens with one attached hydrogen (secondary N) is 1. The molecule has 0 aliphatic carbocycles. The van der Waals surface area contributed by atoms with Gasteiger partial charge in [-0.1, -0.05) is 43.3 Å². The first-order valence-corrected chi connectivity index (χ1v) is 9.65. The highest BCUT2D eigenvalue weighted by atomic mass is 16.5. The van der Waals surface area contributed by atoms with Crippen molar-refractivity contribution in [3.63, 3.8) is 0 Å². The van der Waals surface area contributed by atoms with E-state index >= 15 is 0 Å². The molecule has 0 heterocycles. The second kappa shape index (κ2) is 10.6. The monoisotopic (exact) mass is 383 g/mol. The first-order valence-electron chi connectivity index (χ1n) is 9.65. The van der Waals surface area contributed by atoms with Crippen LogP contribution < -0.4 is 5.32 Å². The van der Waals surface area contributed by atoms with E-state index in [1.165, 1.54) is 5.56 Å². The van der Waals surface area contributed by atoms with Crippen LogP contribution in [0.5, 0.6) is 0 Å². The molecule has 1 N–H and O–H groups in total. The van der Waals surface area contributed by atoms with Crippen molar-refractivity contribution < 1.29 is 19.1 Å². The van der Waals surface area contributed by atoms with Gasteiger partial charge in [-0.2, -0.15) is 0 Å². The molecule has 2 rings (SSSR count). The highest BCUT2D eigenvalue weighted by molar-refractivity contribution is 5.91. The van der Waals surface area contributed by atoms with Gasteiger partial charge in [0.2, 0.25) is 0 Å². The van der Waals surface area contributed by atoms with Crippen LogP contribution >= 0.6 is 0 Å². The van der Waals surface area contributed by atoms with E-state index < -0.39 is 5.97 Å². The normalized spacial score (nSPS) is 11.9. The summed E-state index contributed by atoms with van der Waals surface area (Å²) in [5, 5.41) is 2.84. The van der Waals surface area contributed by atoms with Crippen LogP contribution in [0.15, 0.2) is 48.5 Å². The molecule has 0 aliphatic heterocycles. The van der Waals surface area contributed by atoms with E-state index in [2.05, 4.69) is 12.2 Å². The fourth-order valence-electron chi connectivity index (χ4n) is 2.62. The molecule has 1 atom stereocenters. The molecule has 2 aromatic rings. The van der Waals surface area contributed by atoms with Crippen molar-refractivity contribution in [2.45, 2.75) is 52.9 Å². The maximum absolute atomic E-state index is 12.1. The number of aryl methyl sites for hydroxylation is 1. The summed E-state index contributed by atoms with van der Waals surface area (Å²) in [7, 11) is 0. The summed E-state index contributed by atoms with van der Waals surface area (Å²) in [5.41, 5.74) is 3.64. The molecule has 0 saturated carbocycles. The number of hydrogen-bond acceptors (Lipinski definition) is 4. The lowest BCUT2D eigenvalue weighted by molar-refractivity contribution is -0.124. The Kier molecular flexibility index (Phi) is 8.20. The summed E-state index contributed by atoms with van der Waals surface area (Å²) >= 11 is 0. The van der Waals surface area contributed by atoms with Gasteiger partial charge < -0.3 is 14.8 Å². The summed E-state index contributed by atoms with van der Waals surface area (Å²) in [5.74, 6) is -0.853. The predicted molar refractivity (Wildman–Crippen MR) is 109 cm³/mol. The van der Waals surface area contributed by atoms with Crippen LogP contribution in [0.3, 0.4) is 0 Å². The summed E-state index contributed by atoms with van der Waals surface area (Å²) in [6.07, 6.45) is 1.12. The Morgan fingerprint density at radius 1 is 0.929 bits per heavy atom. The zero-order valence-corrected chi connectivity index (χ0v) is 17.0. The number of amides is 1. The molecule has 2 aromatic carbocycles. The van der Waals surface area contributed by atoms with Crippen molar-refractivity contribution in [1.29, 1.82) is 0 Å². The van der Waals surface area contributed by atoms with Crippen LogP contribution in [0.25, 0.3) is 0 Å². The van der Waals surface area contributed by atoms with Crippen molar-refractivity contribution in [2.75, 3.05) is 6.61 Å². The van der Waals surface area contributed by atoms with Crippen LogP contribution in [0.2, 0.25) is 0 Å². The van der Waals surface area contributed by atoms with E-state index in [-0.39, 0.29) is 24.7 Å². The van der Waals surface area contributed by atoms with E-state index in [0.29, 0.717) is 12.2 Å². The smallest absolute Gasteiger partial charge is 0.338 e. The number of carbonyl (C=O) groups excluding carboxylic acids is 2. The molecule has 0 aliphatic rings. The molecule has 5 nitrogen and oxygen atoms in total. The van der Waals surface area contributed by atoms with Gasteiger partial charge in [0.1, 0.15) is 0 Å². The Morgan fingerprint density at radius 3 is 2.11 bits per heavy atom. The average Bonchev–Trinajstić information content (AvgIpc) is 2.70. The van der Waals surface area contributed by atoms with Crippen molar-refractivity contribution in [2.24, 2.45) is 0 Å². The maximum atomic E-state index is 12.1. The number of esters is 1. The van der Waals surface area contributed by atoms with Crippen LogP contribution in [-0.4, -0.2) is 24.6 Å². The van der Waals surface area contributed by atoms with E-state index in [4.69, 9.17) is 9.47 Å². The van der Waals surface area contributed by atoms with Crippen molar-refractivity contribution in [3.8, 4) is 0 Å². The molecule has 28 heavy (non-hydrogen) atoms. The van der Waals surface area contributed by atoms with Gasteiger partial charge in [-0.3, -0.25) is 4.79 Å². The van der Waals surface area contributed by atoms with Gasteiger partial charge in [-0.15, -0.1) is 0 Å². The number of hydrogen-bond donors (Lipinski definition) is 1. The third-order valence-electron chi connectivity index (χ3n) is 4.37. The SMILES string of the molecule is CCc1ccc([C@H](C)NC(=O)COC(=O)c2ccc(COC(C)C)cc2)cc1. The molecule has 0 radical (unpaired) electrons. The zero-order valence-electron chi connectivity index (χ0n) is 17.0. The summed E-state index contributed by atoms with van der Waals surface area (Å²) in [4.78, 5) is 24.2. The second-order valence-electron chi connectivity index (χ2n) is 7.02. The Bertz CT molecular complexity index is 766. The third kappa shape index (κ3) is 6.82. The lowest BCUT2D eigenvalue weighted by Crippen LogP contribution is -2.31. The maximum Gasteiger partial charge on any atom is 0.338 e. The summed E-state index contributed by atoms with van der Waals surface area (Å²) < 4.78 is 10.6. The molecule has 1 amide bonds. The third-order valence-corrected chi connectivity index (χ3v) is 4.37. The summed E-state index contributed by atoms with van der Waals surface area (Å²) in [6, 6.07) is 14.9. The lowest BCUT2D eigenvalue weighted by Gasteiger charge is -2.15. The van der Waals surface area contributed by atoms with Crippen molar-refractivity contribution >= 4 is 11.9 Å². The van der Waals surface area contributed by atoms with Gasteiger partial charge in [0.05, 0.1) is 24.3 Å². The van der Waals surface area contributed by atoms with E-state index in [1.807, 2.05) is 57.2 Å². The standard InChI is InChI=1S/C23H29NO4/c1-5-18-6-10-20(11-7-18)17(4)24-22(25)15-28-23(26)21-12-8-19(9-13-21)14-27-16(2)3/h6-13,16-17H,5,14-15H2,1-4H3,(H,24,25)/t17-/m0/s1. The number of ether oxygens (including phenoxy) is 2. The zero-order chi connectivity index (χ0) is 20.5. The fraction of sp³-hybridized carbons (Fsp3) is 0.391. The highest BCUT2D eigenvalue weighted by Gasteiger charge is 2.13. The van der Waals surface area contributed by atoms with Crippen LogP contribution in [0, 0.1) is 0 Å². The van der Waals surface area contributed by atoms with Gasteiger partial charge >= 0.3 is 5.97 Å². The van der Waals surface area contributed by atoms with Gasteiger partial charge in [-0.05, 0) is 56.0 Å². The largest absolute Gasteiger partial charge is 0.452 e. The molecule has 0 fully saturated rings. The molecule has 150 valence electrons. The molecule has 0 aromatic heterocycles. The molecule has 0 unspecified atom stereocenters. The Balaban J connectivity index is 1.80. The van der Waals surface area contributed by atoms with E-state index in [9.17, 15) is 9.59 Å². The average molecular weight is 383 g/mol. The Hall–Kier alpha value is -2.66. The predicted octanol–water partition coefficient (Wildman–Crippen LogP) is 4.21. The topological polar surface area (TPSA) is 64.6 Å². The number of rotatable bonds is 9. The molecular formula is C23H29NO4. The van der Waals surface area contributed by atoms with Crippen LogP contribution in [0.1, 0.15) is 60.8 Å². The molecule has 0 saturated heterocycles. The Labute approximate surface area is 167 Å². The quantitative estimate of drug-likeness (QED) is 0.659. The number of carbonyl (C=O) groups is 2. The van der Waals surface area contributed by atoms with Crippen molar-refractivity contribution in [3.05, 3.63) is 70.8 Å². The lowest BCUT2D eigenvalue weighted by atomic mass is 10.1. The fourth-order valence-corrected chi connectivity index (χ4v) is 2.62. The second-order valence-corrected chi connectivity index (χ2v) is 7.02. The summed E-state index contributed by atoms with van der Waals surface area (Å²) in [6.45, 7) is 8.12. The van der Waals surface area contributed by atoms with E-state index in [0.717, 1.165) is 17.5 Å². The Morgan fingerprint density at radius 2 is 1.54 bits per heavy atom. The first kappa shape index (κ1) is 21.6. The van der Waals surface area contributed by atoms with Crippen LogP contribution in [-0.2, 0) is 27.3 Å². The van der Waals surface area contributed by atoms with Gasteiger partial charge in [0.25, 0.3) is 5.91 Å². The van der Waals surface area contributed by atoms with Gasteiger partial charge in [-0.25, -0.2) is 4.79 Å². The minimum atomic E-state index is -0.522. The molecule has 0 spiro atoms. The van der Waals surface area contributed by atoms with Gasteiger partial charge in [0.15, 0.2) is 6.61 Å². The van der Waals surface area contributed by atoms with E-state index in [1.54, 1.807) is 12.1 Å². The van der Waals surface area contributed by atoms with Gasteiger partial charge in [0, 0.05) is 0 Å². The van der Waals surface area contributed by atoms with Crippen LogP contribution in [0.4, 0.5) is 0 Å². The minimum absolute atomic E-state index is 0.148. The minimum Gasteiger partial charge on any atom is -0.452 e. The first-order chi connectivity index (χ1) is 13.4. The molecule has 0 bridgehead atoms.